The maximum atomic E-state index is 13.0. The van der Waals surface area contributed by atoms with E-state index in [-0.39, 0.29) is 24.3 Å². The first-order chi connectivity index (χ1) is 15.6. The Hall–Kier alpha value is -3.80. The molecule has 1 heterocycles. The second-order valence-corrected chi connectivity index (χ2v) is 7.78. The van der Waals surface area contributed by atoms with Crippen LogP contribution in [-0.4, -0.2) is 43.0 Å². The van der Waals surface area contributed by atoms with Gasteiger partial charge in [-0.15, -0.1) is 0 Å². The predicted molar refractivity (Wildman–Crippen MR) is 122 cm³/mol. The highest BCUT2D eigenvalue weighted by Gasteiger charge is 2.26. The van der Waals surface area contributed by atoms with Crippen molar-refractivity contribution in [3.8, 4) is 11.5 Å². The summed E-state index contributed by atoms with van der Waals surface area (Å²) in [6, 6.07) is 25.6. The molecular weight excluding hydrogens is 404 g/mol. The third-order valence-corrected chi connectivity index (χ3v) is 5.39. The van der Waals surface area contributed by atoms with E-state index in [4.69, 9.17) is 9.47 Å². The van der Waals surface area contributed by atoms with E-state index in [2.05, 4.69) is 5.32 Å². The molecule has 1 N–H and O–H groups in total. The molecule has 1 aliphatic rings. The van der Waals surface area contributed by atoms with Gasteiger partial charge in [0.15, 0.2) is 17.6 Å². The van der Waals surface area contributed by atoms with Crippen molar-refractivity contribution in [3.63, 3.8) is 0 Å². The number of hydrogen-bond acceptors (Lipinski definition) is 4. The van der Waals surface area contributed by atoms with Crippen molar-refractivity contribution < 1.29 is 19.1 Å². The Labute approximate surface area is 187 Å². The Bertz CT molecular complexity index is 1060. The summed E-state index contributed by atoms with van der Waals surface area (Å²) in [4.78, 5) is 27.4. The lowest BCUT2D eigenvalue weighted by atomic mass is 10.0. The molecule has 2 atom stereocenters. The van der Waals surface area contributed by atoms with E-state index < -0.39 is 6.04 Å². The van der Waals surface area contributed by atoms with E-state index in [1.54, 1.807) is 24.1 Å². The number of benzene rings is 3. The zero-order valence-corrected chi connectivity index (χ0v) is 17.9. The fourth-order valence-corrected chi connectivity index (χ4v) is 3.66. The summed E-state index contributed by atoms with van der Waals surface area (Å²) in [6.07, 6.45) is -0.114. The van der Waals surface area contributed by atoms with Crippen LogP contribution in [-0.2, 0) is 4.79 Å². The molecular formula is C26H26N2O4. The monoisotopic (exact) mass is 430 g/mol. The van der Waals surface area contributed by atoms with E-state index in [9.17, 15) is 9.59 Å². The number of ether oxygens (including phenoxy) is 2. The number of para-hydroxylation sites is 2. The van der Waals surface area contributed by atoms with Gasteiger partial charge in [-0.05, 0) is 29.8 Å². The van der Waals surface area contributed by atoms with Crippen LogP contribution >= 0.6 is 0 Å². The first-order valence-corrected chi connectivity index (χ1v) is 10.6. The average molecular weight is 431 g/mol. The van der Waals surface area contributed by atoms with Gasteiger partial charge < -0.3 is 19.7 Å². The van der Waals surface area contributed by atoms with Crippen LogP contribution in [0.15, 0.2) is 84.9 Å². The minimum Gasteiger partial charge on any atom is -0.486 e. The van der Waals surface area contributed by atoms with E-state index in [0.717, 1.165) is 5.56 Å². The molecule has 3 aromatic rings. The molecule has 0 spiro atoms. The van der Waals surface area contributed by atoms with Crippen molar-refractivity contribution in [3.05, 3.63) is 96.1 Å². The van der Waals surface area contributed by atoms with E-state index in [1.807, 2.05) is 72.8 Å². The number of fused-ring (bicyclic) bond motifs is 1. The third kappa shape index (κ3) is 5.27. The van der Waals surface area contributed by atoms with Crippen molar-refractivity contribution >= 4 is 11.8 Å². The highest BCUT2D eigenvalue weighted by atomic mass is 16.6. The van der Waals surface area contributed by atoms with Crippen molar-refractivity contribution in [2.75, 3.05) is 20.2 Å². The molecule has 6 nitrogen and oxygen atoms in total. The fourth-order valence-electron chi connectivity index (χ4n) is 3.66. The van der Waals surface area contributed by atoms with Crippen LogP contribution in [0.3, 0.4) is 0 Å². The van der Waals surface area contributed by atoms with Gasteiger partial charge in [-0.2, -0.15) is 0 Å². The van der Waals surface area contributed by atoms with Crippen molar-refractivity contribution in [2.24, 2.45) is 0 Å². The van der Waals surface area contributed by atoms with Crippen LogP contribution in [0.4, 0.5) is 0 Å². The lowest BCUT2D eigenvalue weighted by Gasteiger charge is -2.30. The number of rotatable bonds is 7. The molecule has 2 amide bonds. The Morgan fingerprint density at radius 3 is 2.28 bits per heavy atom. The fraction of sp³-hybridized carbons (Fsp3) is 0.231. The molecule has 164 valence electrons. The molecule has 0 unspecified atom stereocenters. The molecule has 4 rings (SSSR count). The number of carbonyl (C=O) groups is 2. The summed E-state index contributed by atoms with van der Waals surface area (Å²) in [6.45, 7) is 0.767. The maximum absolute atomic E-state index is 13.0. The minimum absolute atomic E-state index is 0.0883. The molecule has 0 radical (unpaired) electrons. The zero-order valence-electron chi connectivity index (χ0n) is 17.9. The summed E-state index contributed by atoms with van der Waals surface area (Å²) in [5.74, 6) is 1.09. The third-order valence-electron chi connectivity index (χ3n) is 5.39. The summed E-state index contributed by atoms with van der Waals surface area (Å²) in [5, 5.41) is 3.01. The van der Waals surface area contributed by atoms with Gasteiger partial charge in [0.25, 0.3) is 5.91 Å². The van der Waals surface area contributed by atoms with E-state index >= 15 is 0 Å². The number of likely N-dealkylation sites (N-methyl/N-ethyl adjacent to an activating group) is 1. The molecule has 0 aromatic heterocycles. The Morgan fingerprint density at radius 1 is 0.938 bits per heavy atom. The minimum atomic E-state index is -0.442. The molecule has 0 aliphatic carbocycles. The maximum Gasteiger partial charge on any atom is 0.251 e. The van der Waals surface area contributed by atoms with Gasteiger partial charge in [0.05, 0.1) is 19.0 Å². The molecule has 0 bridgehead atoms. The van der Waals surface area contributed by atoms with E-state index in [0.29, 0.717) is 30.2 Å². The Morgan fingerprint density at radius 2 is 1.56 bits per heavy atom. The van der Waals surface area contributed by atoms with Gasteiger partial charge in [0.2, 0.25) is 5.91 Å². The predicted octanol–water partition coefficient (Wildman–Crippen LogP) is 3.85. The van der Waals surface area contributed by atoms with Crippen LogP contribution in [0.1, 0.15) is 28.4 Å². The molecule has 32 heavy (non-hydrogen) atoms. The zero-order chi connectivity index (χ0) is 22.3. The lowest BCUT2D eigenvalue weighted by molar-refractivity contribution is -0.131. The van der Waals surface area contributed by atoms with Gasteiger partial charge >= 0.3 is 0 Å². The number of amides is 2. The van der Waals surface area contributed by atoms with E-state index in [1.165, 1.54) is 0 Å². The summed E-state index contributed by atoms with van der Waals surface area (Å²) in [7, 11) is 1.74. The lowest BCUT2D eigenvalue weighted by Crippen LogP contribution is -2.43. The highest BCUT2D eigenvalue weighted by molar-refractivity contribution is 5.94. The standard InChI is InChI=1S/C26H26N2O4/c1-28(17-21-18-31-23-14-8-9-15-24(23)32-21)25(29)16-22(19-10-4-2-5-11-19)27-26(30)20-12-6-3-7-13-20/h2-15,21-22H,16-18H2,1H3,(H,27,30)/t21-,22+/m1/s1. The van der Waals surface area contributed by atoms with Crippen molar-refractivity contribution in [1.82, 2.24) is 10.2 Å². The molecule has 0 fully saturated rings. The second-order valence-electron chi connectivity index (χ2n) is 7.78. The molecule has 1 aliphatic heterocycles. The van der Waals surface area contributed by atoms with Gasteiger partial charge in [0, 0.05) is 12.6 Å². The summed E-state index contributed by atoms with van der Waals surface area (Å²) < 4.78 is 11.7. The number of hydrogen-bond donors (Lipinski definition) is 1. The number of carbonyl (C=O) groups excluding carboxylic acids is 2. The SMILES string of the molecule is CN(C[C@@H]1COc2ccccc2O1)C(=O)C[C@H](NC(=O)c1ccccc1)c1ccccc1. The van der Waals surface area contributed by atoms with Gasteiger partial charge in [0.1, 0.15) is 6.61 Å². The van der Waals surface area contributed by atoms with Gasteiger partial charge in [-0.3, -0.25) is 9.59 Å². The average Bonchev–Trinajstić information content (AvgIpc) is 2.84. The first-order valence-electron chi connectivity index (χ1n) is 10.6. The highest BCUT2D eigenvalue weighted by Crippen LogP contribution is 2.31. The molecule has 0 saturated carbocycles. The molecule has 0 saturated heterocycles. The quantitative estimate of drug-likeness (QED) is 0.618. The van der Waals surface area contributed by atoms with Crippen LogP contribution in [0.25, 0.3) is 0 Å². The Kier molecular flexibility index (Phi) is 6.70. The van der Waals surface area contributed by atoms with Crippen LogP contribution < -0.4 is 14.8 Å². The first kappa shape index (κ1) is 21.4. The summed E-state index contributed by atoms with van der Waals surface area (Å²) >= 11 is 0. The number of nitrogens with zero attached hydrogens (tertiary/aromatic N) is 1. The second kappa shape index (κ2) is 10.0. The van der Waals surface area contributed by atoms with Crippen LogP contribution in [0, 0.1) is 0 Å². The van der Waals surface area contributed by atoms with Gasteiger partial charge in [-0.1, -0.05) is 60.7 Å². The van der Waals surface area contributed by atoms with Crippen LogP contribution in [0.5, 0.6) is 11.5 Å². The topological polar surface area (TPSA) is 67.9 Å². The molecule has 3 aromatic carbocycles. The normalized spacial score (nSPS) is 15.5. The Balaban J connectivity index is 1.41. The molecule has 6 heteroatoms. The summed E-state index contributed by atoms with van der Waals surface area (Å²) in [5.41, 5.74) is 1.44. The smallest absolute Gasteiger partial charge is 0.251 e. The largest absolute Gasteiger partial charge is 0.486 e. The van der Waals surface area contributed by atoms with Gasteiger partial charge in [-0.25, -0.2) is 0 Å². The number of nitrogens with one attached hydrogen (secondary N) is 1. The van der Waals surface area contributed by atoms with Crippen molar-refractivity contribution in [1.29, 1.82) is 0 Å². The van der Waals surface area contributed by atoms with Crippen LogP contribution in [0.2, 0.25) is 0 Å². The van der Waals surface area contributed by atoms with Crippen molar-refractivity contribution in [2.45, 2.75) is 18.6 Å².